The number of aromatic nitrogens is 1. The van der Waals surface area contributed by atoms with Crippen LogP contribution in [-0.4, -0.2) is 37.3 Å². The molecule has 4 nitrogen and oxygen atoms in total. The van der Waals surface area contributed by atoms with Crippen LogP contribution in [0.25, 0.3) is 0 Å². The molecule has 106 valence electrons. The highest BCUT2D eigenvalue weighted by Gasteiger charge is 2.20. The lowest BCUT2D eigenvalue weighted by atomic mass is 10.1. The van der Waals surface area contributed by atoms with Gasteiger partial charge in [-0.2, -0.15) is 0 Å². The Bertz CT molecular complexity index is 387. The summed E-state index contributed by atoms with van der Waals surface area (Å²) in [7, 11) is 2.13. The van der Waals surface area contributed by atoms with E-state index in [1.165, 1.54) is 12.8 Å². The first-order chi connectivity index (χ1) is 9.18. The predicted molar refractivity (Wildman–Crippen MR) is 78.9 cm³/mol. The van der Waals surface area contributed by atoms with Crippen LogP contribution in [0.3, 0.4) is 0 Å². The summed E-state index contributed by atoms with van der Waals surface area (Å²) in [6.07, 6.45) is 5.61. The molecule has 19 heavy (non-hydrogen) atoms. The van der Waals surface area contributed by atoms with Gasteiger partial charge in [0.1, 0.15) is 0 Å². The third-order valence-corrected chi connectivity index (χ3v) is 3.54. The molecule has 0 radical (unpaired) electrons. The van der Waals surface area contributed by atoms with Crippen molar-refractivity contribution < 1.29 is 4.74 Å². The summed E-state index contributed by atoms with van der Waals surface area (Å²) in [5, 5.41) is 3.45. The number of hydrogen-bond donors (Lipinski definition) is 1. The molecule has 0 bridgehead atoms. The van der Waals surface area contributed by atoms with Crippen LogP contribution in [0.15, 0.2) is 18.3 Å². The Hall–Kier alpha value is -1.29. The van der Waals surface area contributed by atoms with E-state index in [4.69, 9.17) is 4.74 Å². The Morgan fingerprint density at radius 2 is 2.21 bits per heavy atom. The minimum atomic E-state index is 0.173. The molecule has 0 spiro atoms. The van der Waals surface area contributed by atoms with Gasteiger partial charge in [0.2, 0.25) is 0 Å². The molecule has 1 unspecified atom stereocenters. The number of ether oxygens (including phenoxy) is 1. The summed E-state index contributed by atoms with van der Waals surface area (Å²) < 4.78 is 5.87. The monoisotopic (exact) mass is 263 g/mol. The van der Waals surface area contributed by atoms with Crippen LogP contribution in [0.4, 0.5) is 5.82 Å². The smallest absolute Gasteiger partial charge is 0.171 e. The maximum atomic E-state index is 5.87. The summed E-state index contributed by atoms with van der Waals surface area (Å²) in [6.45, 7) is 6.31. The van der Waals surface area contributed by atoms with Crippen molar-refractivity contribution in [2.24, 2.45) is 0 Å². The maximum Gasteiger partial charge on any atom is 0.171 e. The average molecular weight is 263 g/mol. The van der Waals surface area contributed by atoms with Gasteiger partial charge in [-0.15, -0.1) is 0 Å². The fourth-order valence-electron chi connectivity index (χ4n) is 2.55. The molecule has 1 atom stereocenters. The van der Waals surface area contributed by atoms with E-state index in [0.29, 0.717) is 6.04 Å². The van der Waals surface area contributed by atoms with E-state index in [9.17, 15) is 0 Å². The maximum absolute atomic E-state index is 5.87. The molecule has 1 aliphatic heterocycles. The molecule has 0 aromatic carbocycles. The third kappa shape index (κ3) is 3.83. The minimum absolute atomic E-state index is 0.173. The number of hydrogen-bond acceptors (Lipinski definition) is 4. The van der Waals surface area contributed by atoms with Gasteiger partial charge in [-0.3, -0.25) is 0 Å². The molecular formula is C15H25N3O. The number of rotatable bonds is 4. The summed E-state index contributed by atoms with van der Waals surface area (Å²) >= 11 is 0. The highest BCUT2D eigenvalue weighted by Crippen LogP contribution is 2.28. The molecule has 0 saturated carbocycles. The van der Waals surface area contributed by atoms with E-state index in [2.05, 4.69) is 22.2 Å². The zero-order chi connectivity index (χ0) is 13.7. The van der Waals surface area contributed by atoms with Crippen molar-refractivity contribution in [3.8, 4) is 5.75 Å². The van der Waals surface area contributed by atoms with Crippen LogP contribution in [0.2, 0.25) is 0 Å². The third-order valence-electron chi connectivity index (χ3n) is 3.54. The van der Waals surface area contributed by atoms with E-state index in [-0.39, 0.29) is 6.10 Å². The first-order valence-electron chi connectivity index (χ1n) is 7.23. The largest absolute Gasteiger partial charge is 0.487 e. The molecule has 1 aromatic heterocycles. The van der Waals surface area contributed by atoms with Crippen molar-refractivity contribution in [1.29, 1.82) is 0 Å². The summed E-state index contributed by atoms with van der Waals surface area (Å²) in [6, 6.07) is 4.48. The standard InChI is InChI=1S/C15H25N3O/c1-12(2)19-14-7-5-10-17-15(14)18(3)13-6-4-9-16-11-8-13/h5,7,10,12-13,16H,4,6,8-9,11H2,1-3H3. The van der Waals surface area contributed by atoms with Crippen LogP contribution in [0, 0.1) is 0 Å². The lowest BCUT2D eigenvalue weighted by molar-refractivity contribution is 0.241. The molecule has 1 N–H and O–H groups in total. The Morgan fingerprint density at radius 1 is 1.37 bits per heavy atom. The number of anilines is 1. The van der Waals surface area contributed by atoms with E-state index < -0.39 is 0 Å². The van der Waals surface area contributed by atoms with Crippen LogP contribution >= 0.6 is 0 Å². The van der Waals surface area contributed by atoms with Gasteiger partial charge in [-0.25, -0.2) is 4.98 Å². The van der Waals surface area contributed by atoms with Crippen molar-refractivity contribution in [3.63, 3.8) is 0 Å². The topological polar surface area (TPSA) is 37.4 Å². The highest BCUT2D eigenvalue weighted by molar-refractivity contribution is 5.52. The second-order valence-electron chi connectivity index (χ2n) is 5.44. The lowest BCUT2D eigenvalue weighted by Crippen LogP contribution is -2.33. The fourth-order valence-corrected chi connectivity index (χ4v) is 2.55. The second-order valence-corrected chi connectivity index (χ2v) is 5.44. The van der Waals surface area contributed by atoms with Crippen molar-refractivity contribution in [2.75, 3.05) is 25.0 Å². The minimum Gasteiger partial charge on any atom is -0.487 e. The molecule has 1 aromatic rings. The van der Waals surface area contributed by atoms with Crippen LogP contribution in [0.5, 0.6) is 5.75 Å². The first kappa shape index (κ1) is 14.1. The van der Waals surface area contributed by atoms with Gasteiger partial charge < -0.3 is 15.0 Å². The Kier molecular flexibility index (Phi) is 5.02. The van der Waals surface area contributed by atoms with Crippen molar-refractivity contribution in [2.45, 2.75) is 45.3 Å². The zero-order valence-corrected chi connectivity index (χ0v) is 12.2. The van der Waals surface area contributed by atoms with Gasteiger partial charge in [-0.1, -0.05) is 0 Å². The summed E-state index contributed by atoms with van der Waals surface area (Å²) in [5.41, 5.74) is 0. The molecule has 4 heteroatoms. The number of nitrogens with one attached hydrogen (secondary N) is 1. The molecule has 0 aliphatic carbocycles. The Labute approximate surface area is 116 Å². The Balaban J connectivity index is 2.14. The van der Waals surface area contributed by atoms with Gasteiger partial charge >= 0.3 is 0 Å². The molecule has 2 heterocycles. The normalized spacial score (nSPS) is 20.1. The van der Waals surface area contributed by atoms with Gasteiger partial charge in [0, 0.05) is 19.3 Å². The van der Waals surface area contributed by atoms with E-state index >= 15 is 0 Å². The average Bonchev–Trinajstić information content (AvgIpc) is 2.67. The number of nitrogens with zero attached hydrogens (tertiary/aromatic N) is 2. The van der Waals surface area contributed by atoms with Gasteiger partial charge in [0.05, 0.1) is 6.10 Å². The molecular weight excluding hydrogens is 238 g/mol. The van der Waals surface area contributed by atoms with Crippen LogP contribution < -0.4 is 15.0 Å². The molecule has 1 aliphatic rings. The first-order valence-corrected chi connectivity index (χ1v) is 7.23. The van der Waals surface area contributed by atoms with Crippen molar-refractivity contribution in [1.82, 2.24) is 10.3 Å². The second kappa shape index (κ2) is 6.75. The number of pyridine rings is 1. The lowest BCUT2D eigenvalue weighted by Gasteiger charge is -2.29. The fraction of sp³-hybridized carbons (Fsp3) is 0.667. The van der Waals surface area contributed by atoms with Crippen LogP contribution in [0.1, 0.15) is 33.1 Å². The van der Waals surface area contributed by atoms with E-state index in [1.54, 1.807) is 0 Å². The quantitative estimate of drug-likeness (QED) is 0.905. The molecule has 1 saturated heterocycles. The van der Waals surface area contributed by atoms with Gasteiger partial charge in [-0.05, 0) is 58.3 Å². The highest BCUT2D eigenvalue weighted by atomic mass is 16.5. The zero-order valence-electron chi connectivity index (χ0n) is 12.2. The van der Waals surface area contributed by atoms with Gasteiger partial charge in [0.15, 0.2) is 11.6 Å². The van der Waals surface area contributed by atoms with Crippen molar-refractivity contribution >= 4 is 5.82 Å². The summed E-state index contributed by atoms with van der Waals surface area (Å²) in [5.74, 6) is 1.85. The SMILES string of the molecule is CC(C)Oc1cccnc1N(C)C1CCCNCC1. The van der Waals surface area contributed by atoms with E-state index in [0.717, 1.165) is 31.1 Å². The van der Waals surface area contributed by atoms with Crippen LogP contribution in [-0.2, 0) is 0 Å². The van der Waals surface area contributed by atoms with Gasteiger partial charge in [0.25, 0.3) is 0 Å². The van der Waals surface area contributed by atoms with Crippen molar-refractivity contribution in [3.05, 3.63) is 18.3 Å². The molecule has 0 amide bonds. The Morgan fingerprint density at radius 3 is 3.00 bits per heavy atom. The van der Waals surface area contributed by atoms with E-state index in [1.807, 2.05) is 32.2 Å². The molecule has 1 fully saturated rings. The molecule has 2 rings (SSSR count). The predicted octanol–water partition coefficient (Wildman–Crippen LogP) is 2.45. The summed E-state index contributed by atoms with van der Waals surface area (Å²) in [4.78, 5) is 6.80.